The van der Waals surface area contributed by atoms with Crippen LogP contribution in [0.25, 0.3) is 0 Å². The summed E-state index contributed by atoms with van der Waals surface area (Å²) in [6.45, 7) is 1.62. The number of likely N-dealkylation sites (tertiary alicyclic amines) is 1. The summed E-state index contributed by atoms with van der Waals surface area (Å²) in [7, 11) is 0. The van der Waals surface area contributed by atoms with E-state index in [0.29, 0.717) is 39.1 Å². The van der Waals surface area contributed by atoms with Crippen molar-refractivity contribution in [2.24, 2.45) is 0 Å². The van der Waals surface area contributed by atoms with E-state index in [-0.39, 0.29) is 11.9 Å². The number of cyclic esters (lactones) is 1. The molecule has 3 rings (SSSR count). The van der Waals surface area contributed by atoms with Crippen LogP contribution in [0.5, 0.6) is 0 Å². The van der Waals surface area contributed by atoms with E-state index < -0.39 is 11.6 Å². The molecule has 124 valence electrons. The summed E-state index contributed by atoms with van der Waals surface area (Å²) in [6, 6.07) is 6.09. The van der Waals surface area contributed by atoms with Crippen molar-refractivity contribution in [1.82, 2.24) is 9.80 Å². The molecule has 2 aliphatic heterocycles. The zero-order valence-corrected chi connectivity index (χ0v) is 12.7. The van der Waals surface area contributed by atoms with Crippen molar-refractivity contribution in [2.75, 3.05) is 26.2 Å². The monoisotopic (exact) mass is 322 g/mol. The molecule has 1 aromatic rings. The fourth-order valence-electron chi connectivity index (χ4n) is 3.48. The minimum absolute atomic E-state index is 0.330. The van der Waals surface area contributed by atoms with Crippen molar-refractivity contribution in [2.45, 2.75) is 24.8 Å². The zero-order chi connectivity index (χ0) is 16.4. The number of hydrogen-bond donors (Lipinski definition) is 1. The minimum atomic E-state index is -0.959. The summed E-state index contributed by atoms with van der Waals surface area (Å²) >= 11 is 0. The van der Waals surface area contributed by atoms with Crippen molar-refractivity contribution in [3.63, 3.8) is 0 Å². The first kappa shape index (κ1) is 15.6. The number of carbonyl (C=O) groups is 2. The molecule has 2 heterocycles. The van der Waals surface area contributed by atoms with Crippen LogP contribution in [0, 0.1) is 5.82 Å². The molecule has 1 aromatic carbocycles. The summed E-state index contributed by atoms with van der Waals surface area (Å²) in [4.78, 5) is 26.4. The number of benzene rings is 1. The molecule has 0 saturated carbocycles. The summed E-state index contributed by atoms with van der Waals surface area (Å²) in [5.41, 5.74) is 0.180. The summed E-state index contributed by atoms with van der Waals surface area (Å²) < 4.78 is 18.4. The highest BCUT2D eigenvalue weighted by molar-refractivity contribution is 5.70. The second-order valence-corrected chi connectivity index (χ2v) is 5.93. The van der Waals surface area contributed by atoms with E-state index in [1.165, 1.54) is 17.0 Å². The van der Waals surface area contributed by atoms with Crippen molar-refractivity contribution < 1.29 is 23.8 Å². The zero-order valence-electron chi connectivity index (χ0n) is 12.7. The Morgan fingerprint density at radius 1 is 1.17 bits per heavy atom. The molecular formula is C16H19FN2O4. The van der Waals surface area contributed by atoms with E-state index in [0.717, 1.165) is 12.0 Å². The Labute approximate surface area is 133 Å². The predicted octanol–water partition coefficient (Wildman–Crippen LogP) is 2.64. The van der Waals surface area contributed by atoms with Gasteiger partial charge in [0.1, 0.15) is 5.82 Å². The van der Waals surface area contributed by atoms with E-state index in [2.05, 4.69) is 0 Å². The van der Waals surface area contributed by atoms with Gasteiger partial charge in [0.05, 0.1) is 12.1 Å². The molecule has 2 saturated heterocycles. The van der Waals surface area contributed by atoms with Crippen LogP contribution in [-0.4, -0.2) is 53.3 Å². The molecule has 0 aromatic heterocycles. The quantitative estimate of drug-likeness (QED) is 0.909. The molecule has 0 atom stereocenters. The number of hydrogen-bond acceptors (Lipinski definition) is 3. The van der Waals surface area contributed by atoms with E-state index >= 15 is 0 Å². The number of ether oxygens (including phenoxy) is 1. The van der Waals surface area contributed by atoms with E-state index in [1.54, 1.807) is 17.0 Å². The number of piperidine rings is 1. The third kappa shape index (κ3) is 2.83. The summed E-state index contributed by atoms with van der Waals surface area (Å²) in [5.74, 6) is -0.340. The standard InChI is InChI=1S/C16H19FN2O4/c17-13-4-2-12(3-5-13)16(19-8-1-11-23-15(19)22)6-9-18(10-7-16)14(20)21/h2-5H,1,6-11H2,(H,20,21). The van der Waals surface area contributed by atoms with Crippen molar-refractivity contribution in [1.29, 1.82) is 0 Å². The Bertz CT molecular complexity index is 597. The SMILES string of the molecule is O=C(O)N1CCC(c2ccc(F)cc2)(N2CCCOC2=O)CC1. The molecule has 0 radical (unpaired) electrons. The van der Waals surface area contributed by atoms with Gasteiger partial charge >= 0.3 is 12.2 Å². The fourth-order valence-corrected chi connectivity index (χ4v) is 3.48. The number of nitrogens with zero attached hydrogens (tertiary/aromatic N) is 2. The van der Waals surface area contributed by atoms with Crippen molar-refractivity contribution in [3.05, 3.63) is 35.6 Å². The van der Waals surface area contributed by atoms with Gasteiger partial charge in [0, 0.05) is 19.6 Å². The number of rotatable bonds is 2. The average Bonchev–Trinajstić information content (AvgIpc) is 2.56. The lowest BCUT2D eigenvalue weighted by molar-refractivity contribution is -0.0108. The summed E-state index contributed by atoms with van der Waals surface area (Å²) in [5, 5.41) is 9.15. The van der Waals surface area contributed by atoms with Crippen LogP contribution in [0.1, 0.15) is 24.8 Å². The highest BCUT2D eigenvalue weighted by atomic mass is 19.1. The number of halogens is 1. The van der Waals surface area contributed by atoms with Gasteiger partial charge in [-0.3, -0.25) is 4.90 Å². The van der Waals surface area contributed by atoms with E-state index in [1.807, 2.05) is 0 Å². The van der Waals surface area contributed by atoms with Gasteiger partial charge in [0.15, 0.2) is 0 Å². The average molecular weight is 322 g/mol. The molecule has 2 aliphatic rings. The minimum Gasteiger partial charge on any atom is -0.465 e. The van der Waals surface area contributed by atoms with Crippen LogP contribution < -0.4 is 0 Å². The fraction of sp³-hybridized carbons (Fsp3) is 0.500. The number of amides is 2. The Kier molecular flexibility index (Phi) is 4.11. The third-order valence-electron chi connectivity index (χ3n) is 4.73. The van der Waals surface area contributed by atoms with Crippen LogP contribution in [-0.2, 0) is 10.3 Å². The number of carboxylic acid groups (broad SMARTS) is 1. The number of carbonyl (C=O) groups excluding carboxylic acids is 1. The largest absolute Gasteiger partial charge is 0.465 e. The van der Waals surface area contributed by atoms with Gasteiger partial charge in [-0.15, -0.1) is 0 Å². The van der Waals surface area contributed by atoms with Crippen LogP contribution >= 0.6 is 0 Å². The Balaban J connectivity index is 1.95. The van der Waals surface area contributed by atoms with Gasteiger partial charge in [-0.2, -0.15) is 0 Å². The molecule has 23 heavy (non-hydrogen) atoms. The molecule has 0 unspecified atom stereocenters. The lowest BCUT2D eigenvalue weighted by Crippen LogP contribution is -2.57. The molecule has 0 aliphatic carbocycles. The van der Waals surface area contributed by atoms with Gasteiger partial charge in [0.2, 0.25) is 0 Å². The first-order valence-electron chi connectivity index (χ1n) is 7.71. The maximum atomic E-state index is 13.3. The predicted molar refractivity (Wildman–Crippen MR) is 79.6 cm³/mol. The van der Waals surface area contributed by atoms with Crippen LogP contribution in [0.2, 0.25) is 0 Å². The molecular weight excluding hydrogens is 303 g/mol. The Morgan fingerprint density at radius 3 is 2.39 bits per heavy atom. The smallest absolute Gasteiger partial charge is 0.410 e. The van der Waals surface area contributed by atoms with E-state index in [9.17, 15) is 14.0 Å². The van der Waals surface area contributed by atoms with Gasteiger partial charge in [-0.25, -0.2) is 14.0 Å². The normalized spacial score (nSPS) is 21.0. The Morgan fingerprint density at radius 2 is 1.83 bits per heavy atom. The molecule has 6 nitrogen and oxygen atoms in total. The summed E-state index contributed by atoms with van der Waals surface area (Å²) in [6.07, 6.45) is 0.334. The first-order chi connectivity index (χ1) is 11.0. The maximum Gasteiger partial charge on any atom is 0.410 e. The van der Waals surface area contributed by atoms with Gasteiger partial charge in [-0.1, -0.05) is 12.1 Å². The van der Waals surface area contributed by atoms with Crippen LogP contribution in [0.4, 0.5) is 14.0 Å². The van der Waals surface area contributed by atoms with Crippen molar-refractivity contribution in [3.8, 4) is 0 Å². The van der Waals surface area contributed by atoms with Crippen molar-refractivity contribution >= 4 is 12.2 Å². The second-order valence-electron chi connectivity index (χ2n) is 5.93. The molecule has 7 heteroatoms. The third-order valence-corrected chi connectivity index (χ3v) is 4.73. The molecule has 0 spiro atoms. The molecule has 0 bridgehead atoms. The second kappa shape index (κ2) is 6.06. The van der Waals surface area contributed by atoms with E-state index in [4.69, 9.17) is 9.84 Å². The molecule has 1 N–H and O–H groups in total. The first-order valence-corrected chi connectivity index (χ1v) is 7.71. The molecule has 2 amide bonds. The molecule has 2 fully saturated rings. The lowest BCUT2D eigenvalue weighted by Gasteiger charge is -2.49. The van der Waals surface area contributed by atoms with Crippen LogP contribution in [0.3, 0.4) is 0 Å². The maximum absolute atomic E-state index is 13.3. The highest BCUT2D eigenvalue weighted by Gasteiger charge is 2.46. The van der Waals surface area contributed by atoms with Gasteiger partial charge in [0.25, 0.3) is 0 Å². The lowest BCUT2D eigenvalue weighted by atomic mass is 9.79. The van der Waals surface area contributed by atoms with Gasteiger partial charge < -0.3 is 14.7 Å². The topological polar surface area (TPSA) is 70.1 Å². The Hall–Kier alpha value is -2.31. The highest BCUT2D eigenvalue weighted by Crippen LogP contribution is 2.40. The van der Waals surface area contributed by atoms with Gasteiger partial charge in [-0.05, 0) is 37.0 Å². The van der Waals surface area contributed by atoms with Crippen LogP contribution in [0.15, 0.2) is 24.3 Å².